The molecule has 110 valence electrons. The van der Waals surface area contributed by atoms with Crippen LogP contribution in [-0.4, -0.2) is 60.3 Å². The van der Waals surface area contributed by atoms with E-state index in [9.17, 15) is 5.11 Å². The summed E-state index contributed by atoms with van der Waals surface area (Å²) in [6.45, 7) is 6.61. The first-order chi connectivity index (χ1) is 9.65. The van der Waals surface area contributed by atoms with Crippen molar-refractivity contribution in [3.8, 4) is 0 Å². The van der Waals surface area contributed by atoms with E-state index in [1.54, 1.807) is 0 Å². The van der Waals surface area contributed by atoms with Crippen molar-refractivity contribution in [2.75, 3.05) is 44.3 Å². The number of rotatable bonds is 5. The average molecular weight is 278 g/mol. The van der Waals surface area contributed by atoms with Crippen molar-refractivity contribution < 1.29 is 9.84 Å². The number of aromatic nitrogens is 2. The number of nitrogens with zero attached hydrogens (tertiary/aromatic N) is 3. The van der Waals surface area contributed by atoms with E-state index in [1.165, 1.54) is 0 Å². The summed E-state index contributed by atoms with van der Waals surface area (Å²) in [5.41, 5.74) is 0.283. The van der Waals surface area contributed by atoms with E-state index >= 15 is 0 Å². The summed E-state index contributed by atoms with van der Waals surface area (Å²) < 4.78 is 5.23. The van der Waals surface area contributed by atoms with E-state index < -0.39 is 5.60 Å². The number of hydrogen-bond acceptors (Lipinski definition) is 6. The molecule has 0 aliphatic carbocycles. The van der Waals surface area contributed by atoms with Gasteiger partial charge in [0, 0.05) is 45.1 Å². The highest BCUT2D eigenvalue weighted by atomic mass is 16.5. The summed E-state index contributed by atoms with van der Waals surface area (Å²) in [6.07, 6.45) is 0.732. The zero-order valence-electron chi connectivity index (χ0n) is 11.9. The molecule has 0 aromatic carbocycles. The van der Waals surface area contributed by atoms with Gasteiger partial charge in [-0.25, -0.2) is 0 Å². The molecule has 2 saturated heterocycles. The van der Waals surface area contributed by atoms with Crippen LogP contribution in [0.1, 0.15) is 12.1 Å². The summed E-state index contributed by atoms with van der Waals surface area (Å²) >= 11 is 0. The molecule has 1 aromatic rings. The molecule has 6 heteroatoms. The third-order valence-corrected chi connectivity index (χ3v) is 4.03. The predicted octanol–water partition coefficient (Wildman–Crippen LogP) is -0.0378. The quantitative estimate of drug-likeness (QED) is 0.788. The molecule has 20 heavy (non-hydrogen) atoms. The minimum absolute atomic E-state index is 0.454. The van der Waals surface area contributed by atoms with Crippen LogP contribution in [0.5, 0.6) is 0 Å². The normalized spacial score (nSPS) is 26.8. The maximum absolute atomic E-state index is 10.1. The Morgan fingerprint density at radius 1 is 1.45 bits per heavy atom. The fourth-order valence-electron chi connectivity index (χ4n) is 2.69. The lowest BCUT2D eigenvalue weighted by Crippen LogP contribution is -2.53. The molecule has 6 nitrogen and oxygen atoms in total. The van der Waals surface area contributed by atoms with E-state index in [4.69, 9.17) is 4.74 Å². The van der Waals surface area contributed by atoms with Crippen LogP contribution in [0.4, 0.5) is 5.82 Å². The smallest absolute Gasteiger partial charge is 0.151 e. The van der Waals surface area contributed by atoms with Gasteiger partial charge in [0.1, 0.15) is 5.60 Å². The summed E-state index contributed by atoms with van der Waals surface area (Å²) in [5, 5.41) is 21.8. The molecule has 3 heterocycles. The standard InChI is InChI=1S/C14H22N4O2/c1-11-2-3-13(17-16-11)18-7-12(8-18)6-15-9-14(19)4-5-20-10-14/h2-3,12,15,19H,4-10H2,1H3. The molecule has 1 aromatic heterocycles. The van der Waals surface area contributed by atoms with Crippen LogP contribution in [0.15, 0.2) is 12.1 Å². The molecule has 0 radical (unpaired) electrons. The zero-order chi connectivity index (χ0) is 14.0. The molecule has 3 rings (SSSR count). The number of aliphatic hydroxyl groups is 1. The minimum atomic E-state index is -0.661. The Balaban J connectivity index is 1.37. The second-order valence-corrected chi connectivity index (χ2v) is 5.96. The molecule has 2 fully saturated rings. The molecular formula is C14H22N4O2. The highest BCUT2D eigenvalue weighted by molar-refractivity contribution is 5.40. The van der Waals surface area contributed by atoms with E-state index in [2.05, 4.69) is 20.4 Å². The third kappa shape index (κ3) is 3.08. The fourth-order valence-corrected chi connectivity index (χ4v) is 2.69. The van der Waals surface area contributed by atoms with Crippen LogP contribution in [0.25, 0.3) is 0 Å². The summed E-state index contributed by atoms with van der Waals surface area (Å²) in [5.74, 6) is 1.57. The molecule has 1 unspecified atom stereocenters. The Hall–Kier alpha value is -1.24. The van der Waals surface area contributed by atoms with Crippen LogP contribution in [0.2, 0.25) is 0 Å². The number of anilines is 1. The molecule has 0 spiro atoms. The Bertz CT molecular complexity index is 439. The lowest BCUT2D eigenvalue weighted by molar-refractivity contribution is 0.0262. The fraction of sp³-hybridized carbons (Fsp3) is 0.714. The summed E-state index contributed by atoms with van der Waals surface area (Å²) in [6, 6.07) is 4.01. The Kier molecular flexibility index (Phi) is 3.87. The van der Waals surface area contributed by atoms with Crippen molar-refractivity contribution in [2.45, 2.75) is 18.9 Å². The highest BCUT2D eigenvalue weighted by Crippen LogP contribution is 2.22. The maximum Gasteiger partial charge on any atom is 0.151 e. The van der Waals surface area contributed by atoms with Gasteiger partial charge in [-0.2, -0.15) is 5.10 Å². The van der Waals surface area contributed by atoms with Gasteiger partial charge in [0.2, 0.25) is 0 Å². The van der Waals surface area contributed by atoms with E-state index in [0.29, 0.717) is 25.7 Å². The first-order valence-corrected chi connectivity index (χ1v) is 7.21. The molecule has 2 aliphatic rings. The first-order valence-electron chi connectivity index (χ1n) is 7.21. The van der Waals surface area contributed by atoms with E-state index in [-0.39, 0.29) is 0 Å². The van der Waals surface area contributed by atoms with Crippen molar-refractivity contribution in [2.24, 2.45) is 5.92 Å². The van der Waals surface area contributed by atoms with Crippen LogP contribution < -0.4 is 10.2 Å². The van der Waals surface area contributed by atoms with Gasteiger partial charge in [0.25, 0.3) is 0 Å². The monoisotopic (exact) mass is 278 g/mol. The summed E-state index contributed by atoms with van der Waals surface area (Å²) in [4.78, 5) is 2.23. The molecule has 2 N–H and O–H groups in total. The van der Waals surface area contributed by atoms with Crippen LogP contribution in [0.3, 0.4) is 0 Å². The van der Waals surface area contributed by atoms with Crippen molar-refractivity contribution in [3.05, 3.63) is 17.8 Å². The minimum Gasteiger partial charge on any atom is -0.386 e. The van der Waals surface area contributed by atoms with Crippen LogP contribution >= 0.6 is 0 Å². The summed E-state index contributed by atoms with van der Waals surface area (Å²) in [7, 11) is 0. The molecule has 0 bridgehead atoms. The lowest BCUT2D eigenvalue weighted by atomic mass is 9.99. The zero-order valence-corrected chi connectivity index (χ0v) is 11.9. The molecule has 1 atom stereocenters. The van der Waals surface area contributed by atoms with E-state index in [0.717, 1.165) is 37.6 Å². The number of aryl methyl sites for hydroxylation is 1. The predicted molar refractivity (Wildman–Crippen MR) is 75.7 cm³/mol. The van der Waals surface area contributed by atoms with Gasteiger partial charge >= 0.3 is 0 Å². The van der Waals surface area contributed by atoms with Gasteiger partial charge in [-0.1, -0.05) is 0 Å². The van der Waals surface area contributed by atoms with Crippen LogP contribution in [0, 0.1) is 12.8 Å². The second kappa shape index (κ2) is 5.63. The topological polar surface area (TPSA) is 70.5 Å². The van der Waals surface area contributed by atoms with Crippen LogP contribution in [-0.2, 0) is 4.74 Å². The van der Waals surface area contributed by atoms with Gasteiger partial charge in [-0.15, -0.1) is 5.10 Å². The van der Waals surface area contributed by atoms with Gasteiger partial charge in [0.05, 0.1) is 12.3 Å². The average Bonchev–Trinajstić information content (AvgIpc) is 2.81. The Morgan fingerprint density at radius 3 is 2.95 bits per heavy atom. The van der Waals surface area contributed by atoms with Crippen molar-refractivity contribution in [1.82, 2.24) is 15.5 Å². The van der Waals surface area contributed by atoms with Gasteiger partial charge in [-0.3, -0.25) is 0 Å². The number of ether oxygens (including phenoxy) is 1. The van der Waals surface area contributed by atoms with E-state index in [1.807, 2.05) is 19.1 Å². The Labute approximate surface area is 119 Å². The Morgan fingerprint density at radius 2 is 2.30 bits per heavy atom. The molecule has 0 amide bonds. The number of nitrogens with one attached hydrogen (secondary N) is 1. The second-order valence-electron chi connectivity index (χ2n) is 5.96. The largest absolute Gasteiger partial charge is 0.386 e. The molecular weight excluding hydrogens is 256 g/mol. The van der Waals surface area contributed by atoms with Crippen molar-refractivity contribution in [1.29, 1.82) is 0 Å². The van der Waals surface area contributed by atoms with Gasteiger partial charge in [-0.05, 0) is 19.1 Å². The van der Waals surface area contributed by atoms with Gasteiger partial charge in [0.15, 0.2) is 5.82 Å². The van der Waals surface area contributed by atoms with Crippen molar-refractivity contribution in [3.63, 3.8) is 0 Å². The highest BCUT2D eigenvalue weighted by Gasteiger charge is 2.33. The third-order valence-electron chi connectivity index (χ3n) is 4.03. The molecule has 2 aliphatic heterocycles. The van der Waals surface area contributed by atoms with Crippen molar-refractivity contribution >= 4 is 5.82 Å². The SMILES string of the molecule is Cc1ccc(N2CC(CNCC3(O)CCOC3)C2)nn1. The lowest BCUT2D eigenvalue weighted by Gasteiger charge is -2.40. The maximum atomic E-state index is 10.1. The molecule has 0 saturated carbocycles. The first kappa shape index (κ1) is 13.7. The van der Waals surface area contributed by atoms with Gasteiger partial charge < -0.3 is 20.1 Å². The number of hydrogen-bond donors (Lipinski definition) is 2.